The summed E-state index contributed by atoms with van der Waals surface area (Å²) in [6.07, 6.45) is 2.80. The molecular weight excluding hydrogens is 291 g/mol. The summed E-state index contributed by atoms with van der Waals surface area (Å²) < 4.78 is 5.91. The van der Waals surface area contributed by atoms with E-state index in [2.05, 4.69) is 32.4 Å². The molecule has 1 atom stereocenters. The number of hydrogen-bond acceptors (Lipinski definition) is 3. The molecule has 14 heavy (non-hydrogen) atoms. The maximum atomic E-state index is 5.51. The van der Waals surface area contributed by atoms with Gasteiger partial charge in [-0.3, -0.25) is 4.90 Å². The van der Waals surface area contributed by atoms with E-state index in [-0.39, 0.29) is 0 Å². The van der Waals surface area contributed by atoms with Gasteiger partial charge in [0.05, 0.1) is 6.61 Å². The van der Waals surface area contributed by atoms with Crippen molar-refractivity contribution in [3.63, 3.8) is 0 Å². The predicted molar refractivity (Wildman–Crippen MR) is 65.9 cm³/mol. The zero-order chi connectivity index (χ0) is 9.80. The molecule has 82 valence electrons. The minimum absolute atomic E-state index is 0.403. The molecule has 2 aliphatic heterocycles. The molecule has 2 aliphatic rings. The Balaban J connectivity index is 1.64. The molecule has 3 nitrogen and oxygen atoms in total. The number of rotatable bonds is 3. The zero-order valence-corrected chi connectivity index (χ0v) is 10.8. The first-order valence-electron chi connectivity index (χ1n) is 5.55. The van der Waals surface area contributed by atoms with Crippen LogP contribution in [-0.2, 0) is 4.74 Å². The van der Waals surface area contributed by atoms with Crippen molar-refractivity contribution in [1.29, 1.82) is 0 Å². The second kappa shape index (κ2) is 5.63. The summed E-state index contributed by atoms with van der Waals surface area (Å²) in [5, 5.41) is 0. The summed E-state index contributed by atoms with van der Waals surface area (Å²) in [5.41, 5.74) is 0. The number of likely N-dealkylation sites (tertiary alicyclic amines) is 1. The monoisotopic (exact) mass is 310 g/mol. The van der Waals surface area contributed by atoms with Gasteiger partial charge in [-0.15, -0.1) is 0 Å². The molecule has 2 heterocycles. The van der Waals surface area contributed by atoms with Crippen molar-refractivity contribution < 1.29 is 4.74 Å². The first kappa shape index (κ1) is 11.1. The number of nitrogens with zero attached hydrogens (tertiary/aromatic N) is 2. The smallest absolute Gasteiger partial charge is 0.121 e. The van der Waals surface area contributed by atoms with Gasteiger partial charge in [0.15, 0.2) is 0 Å². The fraction of sp³-hybridized carbons (Fsp3) is 1.00. The fourth-order valence-electron chi connectivity index (χ4n) is 2.15. The second-order valence-electron chi connectivity index (χ2n) is 4.13. The van der Waals surface area contributed by atoms with E-state index in [4.69, 9.17) is 4.74 Å². The van der Waals surface area contributed by atoms with Crippen LogP contribution in [-0.4, -0.2) is 59.8 Å². The summed E-state index contributed by atoms with van der Waals surface area (Å²) in [4.78, 5) is 5.11. The topological polar surface area (TPSA) is 15.7 Å². The Bertz CT molecular complexity index is 174. The average Bonchev–Trinajstić information content (AvgIpc) is 2.67. The zero-order valence-electron chi connectivity index (χ0n) is 8.62. The first-order valence-corrected chi connectivity index (χ1v) is 6.79. The van der Waals surface area contributed by atoms with Crippen molar-refractivity contribution in [2.45, 2.75) is 17.0 Å². The van der Waals surface area contributed by atoms with E-state index in [0.29, 0.717) is 4.11 Å². The third-order valence-electron chi connectivity index (χ3n) is 3.04. The Morgan fingerprint density at radius 1 is 1.07 bits per heavy atom. The number of halogens is 1. The van der Waals surface area contributed by atoms with Crippen molar-refractivity contribution in [3.8, 4) is 0 Å². The SMILES string of the molecule is IC1CN(CCN2CCCC2)CCO1. The average molecular weight is 310 g/mol. The fourth-order valence-corrected chi connectivity index (χ4v) is 2.96. The summed E-state index contributed by atoms with van der Waals surface area (Å²) in [6.45, 7) is 8.25. The third-order valence-corrected chi connectivity index (χ3v) is 3.79. The van der Waals surface area contributed by atoms with E-state index in [1.165, 1.54) is 39.0 Å². The van der Waals surface area contributed by atoms with Crippen LogP contribution >= 0.6 is 22.6 Å². The normalized spacial score (nSPS) is 31.1. The Morgan fingerprint density at radius 3 is 2.50 bits per heavy atom. The summed E-state index contributed by atoms with van der Waals surface area (Å²) in [5.74, 6) is 0. The van der Waals surface area contributed by atoms with Gasteiger partial charge in [-0.05, 0) is 48.5 Å². The summed E-state index contributed by atoms with van der Waals surface area (Å²) >= 11 is 2.38. The van der Waals surface area contributed by atoms with Crippen LogP contribution in [0.5, 0.6) is 0 Å². The third kappa shape index (κ3) is 3.32. The van der Waals surface area contributed by atoms with Crippen LogP contribution in [0.3, 0.4) is 0 Å². The first-order chi connectivity index (χ1) is 6.84. The molecule has 0 aromatic carbocycles. The maximum absolute atomic E-state index is 5.51. The summed E-state index contributed by atoms with van der Waals surface area (Å²) in [6, 6.07) is 0. The summed E-state index contributed by atoms with van der Waals surface area (Å²) in [7, 11) is 0. The molecule has 0 radical (unpaired) electrons. The molecule has 0 amide bonds. The Kier molecular flexibility index (Phi) is 4.46. The molecule has 2 rings (SSSR count). The van der Waals surface area contributed by atoms with Crippen LogP contribution in [0.25, 0.3) is 0 Å². The molecule has 0 N–H and O–H groups in total. The van der Waals surface area contributed by atoms with Crippen molar-refractivity contribution in [1.82, 2.24) is 9.80 Å². The van der Waals surface area contributed by atoms with Gasteiger partial charge in [0.25, 0.3) is 0 Å². The molecule has 2 fully saturated rings. The van der Waals surface area contributed by atoms with Gasteiger partial charge in [0, 0.05) is 26.2 Å². The van der Waals surface area contributed by atoms with Crippen LogP contribution in [0.2, 0.25) is 0 Å². The molecule has 0 bridgehead atoms. The number of ether oxygens (including phenoxy) is 1. The van der Waals surface area contributed by atoms with Gasteiger partial charge in [-0.1, -0.05) is 0 Å². The second-order valence-corrected chi connectivity index (χ2v) is 5.52. The van der Waals surface area contributed by atoms with E-state index < -0.39 is 0 Å². The molecule has 0 saturated carbocycles. The molecule has 4 heteroatoms. The van der Waals surface area contributed by atoms with Crippen molar-refractivity contribution in [2.24, 2.45) is 0 Å². The molecule has 1 unspecified atom stereocenters. The molecule has 0 aromatic heterocycles. The maximum Gasteiger partial charge on any atom is 0.121 e. The van der Waals surface area contributed by atoms with E-state index >= 15 is 0 Å². The highest BCUT2D eigenvalue weighted by Gasteiger charge is 2.19. The highest BCUT2D eigenvalue weighted by Crippen LogP contribution is 2.12. The van der Waals surface area contributed by atoms with Crippen LogP contribution in [0.15, 0.2) is 0 Å². The van der Waals surface area contributed by atoms with Crippen molar-refractivity contribution >= 4 is 22.6 Å². The van der Waals surface area contributed by atoms with E-state index in [1.807, 2.05) is 0 Å². The van der Waals surface area contributed by atoms with Crippen LogP contribution in [0.1, 0.15) is 12.8 Å². The minimum atomic E-state index is 0.403. The van der Waals surface area contributed by atoms with Gasteiger partial charge in [0.1, 0.15) is 4.11 Å². The van der Waals surface area contributed by atoms with E-state index in [0.717, 1.165) is 19.7 Å². The number of alkyl halides is 1. The van der Waals surface area contributed by atoms with Gasteiger partial charge in [0.2, 0.25) is 0 Å². The standard InChI is InChI=1S/C10H19IN2O/c11-10-9-13(7-8-14-10)6-5-12-3-1-2-4-12/h10H,1-9H2. The molecule has 2 saturated heterocycles. The minimum Gasteiger partial charge on any atom is -0.365 e. The Hall–Kier alpha value is 0.610. The predicted octanol–water partition coefficient (Wildman–Crippen LogP) is 1.18. The molecular formula is C10H19IN2O. The van der Waals surface area contributed by atoms with Crippen LogP contribution in [0.4, 0.5) is 0 Å². The number of morpholine rings is 1. The number of hydrogen-bond donors (Lipinski definition) is 0. The van der Waals surface area contributed by atoms with E-state index in [1.54, 1.807) is 0 Å². The van der Waals surface area contributed by atoms with Crippen LogP contribution in [0, 0.1) is 0 Å². The van der Waals surface area contributed by atoms with Gasteiger partial charge in [-0.25, -0.2) is 0 Å². The van der Waals surface area contributed by atoms with E-state index in [9.17, 15) is 0 Å². The quantitative estimate of drug-likeness (QED) is 0.575. The molecule has 0 aromatic rings. The highest BCUT2D eigenvalue weighted by molar-refractivity contribution is 14.1. The lowest BCUT2D eigenvalue weighted by Crippen LogP contribution is -2.43. The van der Waals surface area contributed by atoms with Gasteiger partial charge < -0.3 is 9.64 Å². The van der Waals surface area contributed by atoms with Crippen molar-refractivity contribution in [2.75, 3.05) is 45.9 Å². The largest absolute Gasteiger partial charge is 0.365 e. The molecule has 0 spiro atoms. The molecule has 0 aliphatic carbocycles. The highest BCUT2D eigenvalue weighted by atomic mass is 127. The Labute approximate surface area is 99.9 Å². The lowest BCUT2D eigenvalue weighted by Gasteiger charge is -2.31. The van der Waals surface area contributed by atoms with Gasteiger partial charge in [-0.2, -0.15) is 0 Å². The lowest BCUT2D eigenvalue weighted by molar-refractivity contribution is 0.0237. The van der Waals surface area contributed by atoms with Crippen molar-refractivity contribution in [3.05, 3.63) is 0 Å². The lowest BCUT2D eigenvalue weighted by atomic mass is 10.4. The van der Waals surface area contributed by atoms with Gasteiger partial charge >= 0.3 is 0 Å². The Morgan fingerprint density at radius 2 is 1.79 bits per heavy atom. The van der Waals surface area contributed by atoms with Crippen LogP contribution < -0.4 is 0 Å².